The van der Waals surface area contributed by atoms with Gasteiger partial charge in [-0.2, -0.15) is 0 Å². The van der Waals surface area contributed by atoms with Gasteiger partial charge in [0.2, 0.25) is 0 Å². The van der Waals surface area contributed by atoms with Crippen LogP contribution in [-0.4, -0.2) is 15.4 Å². The lowest BCUT2D eigenvalue weighted by molar-refractivity contribution is -0.384. The highest BCUT2D eigenvalue weighted by molar-refractivity contribution is 6.17. The van der Waals surface area contributed by atoms with Crippen molar-refractivity contribution >= 4 is 28.2 Å². The van der Waals surface area contributed by atoms with Crippen LogP contribution in [0.15, 0.2) is 30.5 Å². The van der Waals surface area contributed by atoms with Gasteiger partial charge in [-0.1, -0.05) is 13.8 Å². The summed E-state index contributed by atoms with van der Waals surface area (Å²) in [6.07, 6.45) is 2.82. The molecule has 5 heteroatoms. The van der Waals surface area contributed by atoms with Crippen molar-refractivity contribution in [2.24, 2.45) is 0 Å². The van der Waals surface area contributed by atoms with Crippen molar-refractivity contribution in [2.45, 2.75) is 26.8 Å². The Morgan fingerprint density at radius 2 is 2.06 bits per heavy atom. The third-order valence-corrected chi connectivity index (χ3v) is 2.77. The van der Waals surface area contributed by atoms with Gasteiger partial charge in [-0.05, 0) is 18.6 Å². The molecule has 0 atom stereocenters. The molecule has 4 nitrogen and oxygen atoms in total. The molecule has 0 aliphatic rings. The molecule has 1 aromatic carbocycles. The maximum atomic E-state index is 10.6. The molecule has 0 saturated heterocycles. The molecular weight excluding hydrogens is 252 g/mol. The highest BCUT2D eigenvalue weighted by atomic mass is 35.5. The second-order valence-electron chi connectivity index (χ2n) is 3.55. The molecule has 2 rings (SSSR count). The van der Waals surface area contributed by atoms with Gasteiger partial charge in [0.05, 0.1) is 4.92 Å². The summed E-state index contributed by atoms with van der Waals surface area (Å²) in [5.74, 6) is 0.618. The molecule has 0 radical (unpaired) electrons. The smallest absolute Gasteiger partial charge is 0.270 e. The first-order valence-corrected chi connectivity index (χ1v) is 6.55. The number of fused-ring (bicyclic) bond motifs is 1. The molecule has 18 heavy (non-hydrogen) atoms. The molecule has 0 saturated carbocycles. The zero-order valence-electron chi connectivity index (χ0n) is 10.6. The molecule has 0 N–H and O–H groups in total. The fourth-order valence-electron chi connectivity index (χ4n) is 1.73. The van der Waals surface area contributed by atoms with Gasteiger partial charge in [-0.25, -0.2) is 0 Å². The summed E-state index contributed by atoms with van der Waals surface area (Å²) in [6.45, 7) is 4.84. The predicted molar refractivity (Wildman–Crippen MR) is 75.3 cm³/mol. The van der Waals surface area contributed by atoms with Gasteiger partial charge in [-0.3, -0.25) is 10.1 Å². The van der Waals surface area contributed by atoms with Crippen LogP contribution in [-0.2, 0) is 6.54 Å². The van der Waals surface area contributed by atoms with Crippen LogP contribution in [0.1, 0.15) is 20.3 Å². The Kier molecular flexibility index (Phi) is 5.65. The van der Waals surface area contributed by atoms with Crippen molar-refractivity contribution in [3.05, 3.63) is 40.6 Å². The number of non-ortho nitro benzene ring substituents is 1. The van der Waals surface area contributed by atoms with E-state index >= 15 is 0 Å². The van der Waals surface area contributed by atoms with Gasteiger partial charge < -0.3 is 4.57 Å². The van der Waals surface area contributed by atoms with E-state index in [1.165, 1.54) is 6.07 Å². The maximum Gasteiger partial charge on any atom is 0.270 e. The monoisotopic (exact) mass is 268 g/mol. The number of benzene rings is 1. The van der Waals surface area contributed by atoms with Crippen LogP contribution < -0.4 is 0 Å². The van der Waals surface area contributed by atoms with E-state index in [2.05, 4.69) is 4.57 Å². The fourth-order valence-corrected chi connectivity index (χ4v) is 1.85. The van der Waals surface area contributed by atoms with E-state index in [1.807, 2.05) is 26.1 Å². The van der Waals surface area contributed by atoms with Gasteiger partial charge >= 0.3 is 0 Å². The normalized spacial score (nSPS) is 9.94. The second-order valence-corrected chi connectivity index (χ2v) is 3.93. The van der Waals surface area contributed by atoms with Crippen LogP contribution in [0.3, 0.4) is 0 Å². The molecule has 0 amide bonds. The van der Waals surface area contributed by atoms with E-state index < -0.39 is 0 Å². The number of aromatic nitrogens is 1. The summed E-state index contributed by atoms with van der Waals surface area (Å²) in [4.78, 5) is 10.2. The van der Waals surface area contributed by atoms with Crippen LogP contribution in [0.2, 0.25) is 0 Å². The molecule has 0 spiro atoms. The van der Waals surface area contributed by atoms with E-state index in [4.69, 9.17) is 11.6 Å². The number of rotatable bonds is 4. The number of alkyl halides is 1. The number of hydrogen-bond acceptors (Lipinski definition) is 2. The number of aryl methyl sites for hydroxylation is 1. The largest absolute Gasteiger partial charge is 0.347 e. The Morgan fingerprint density at radius 1 is 1.33 bits per heavy atom. The number of halogens is 1. The van der Waals surface area contributed by atoms with E-state index in [0.717, 1.165) is 23.9 Å². The summed E-state index contributed by atoms with van der Waals surface area (Å²) < 4.78 is 2.06. The summed E-state index contributed by atoms with van der Waals surface area (Å²) in [5.41, 5.74) is 1.14. The third-order valence-electron chi connectivity index (χ3n) is 2.50. The first-order valence-electron chi connectivity index (χ1n) is 6.01. The van der Waals surface area contributed by atoms with E-state index in [1.54, 1.807) is 12.1 Å². The highest BCUT2D eigenvalue weighted by Crippen LogP contribution is 2.22. The lowest BCUT2D eigenvalue weighted by Crippen LogP contribution is -1.96. The zero-order chi connectivity index (χ0) is 13.5. The Bertz CT molecular complexity index is 523. The molecule has 0 aliphatic carbocycles. The van der Waals surface area contributed by atoms with Gasteiger partial charge in [0, 0.05) is 41.7 Å². The van der Waals surface area contributed by atoms with Crippen molar-refractivity contribution in [3.63, 3.8) is 0 Å². The lowest BCUT2D eigenvalue weighted by atomic mass is 10.2. The third kappa shape index (κ3) is 3.23. The average Bonchev–Trinajstić information content (AvgIpc) is 2.81. The molecule has 0 aliphatic heterocycles. The van der Waals surface area contributed by atoms with Crippen LogP contribution in [0.4, 0.5) is 5.69 Å². The first-order chi connectivity index (χ1) is 8.72. The van der Waals surface area contributed by atoms with Gasteiger partial charge in [0.25, 0.3) is 5.69 Å². The Morgan fingerprint density at radius 3 is 2.67 bits per heavy atom. The maximum absolute atomic E-state index is 10.6. The van der Waals surface area contributed by atoms with Crippen LogP contribution >= 0.6 is 11.6 Å². The number of nitro benzene ring substituents is 1. The van der Waals surface area contributed by atoms with Crippen molar-refractivity contribution in [3.8, 4) is 0 Å². The summed E-state index contributed by atoms with van der Waals surface area (Å²) in [6, 6.07) is 6.78. The predicted octanol–water partition coefficient (Wildman–Crippen LogP) is 4.20. The number of hydrogen-bond donors (Lipinski definition) is 0. The quantitative estimate of drug-likeness (QED) is 0.474. The van der Waals surface area contributed by atoms with Crippen LogP contribution in [0, 0.1) is 10.1 Å². The zero-order valence-corrected chi connectivity index (χ0v) is 11.4. The molecule has 1 aromatic heterocycles. The molecule has 0 fully saturated rings. The summed E-state index contributed by atoms with van der Waals surface area (Å²) >= 11 is 5.63. The molecule has 0 unspecified atom stereocenters. The van der Waals surface area contributed by atoms with Crippen molar-refractivity contribution < 1.29 is 4.92 Å². The van der Waals surface area contributed by atoms with Crippen molar-refractivity contribution in [2.75, 3.05) is 5.88 Å². The van der Waals surface area contributed by atoms with Gasteiger partial charge in [-0.15, -0.1) is 11.6 Å². The van der Waals surface area contributed by atoms with Crippen molar-refractivity contribution in [1.82, 2.24) is 4.57 Å². The number of nitro groups is 1. The van der Waals surface area contributed by atoms with E-state index in [-0.39, 0.29) is 10.6 Å². The van der Waals surface area contributed by atoms with Crippen LogP contribution in [0.25, 0.3) is 10.9 Å². The first kappa shape index (κ1) is 14.5. The van der Waals surface area contributed by atoms with Gasteiger partial charge in [0.1, 0.15) is 0 Å². The second kappa shape index (κ2) is 7.01. The molecule has 1 heterocycles. The minimum absolute atomic E-state index is 0.127. The molecular formula is C13H17ClN2O2. The Hall–Kier alpha value is -1.55. The highest BCUT2D eigenvalue weighted by Gasteiger charge is 2.08. The van der Waals surface area contributed by atoms with E-state index in [0.29, 0.717) is 5.88 Å². The molecule has 0 bridgehead atoms. The number of nitrogens with zero attached hydrogens (tertiary/aromatic N) is 2. The summed E-state index contributed by atoms with van der Waals surface area (Å²) in [5, 5.41) is 11.5. The average molecular weight is 269 g/mol. The topological polar surface area (TPSA) is 48.1 Å². The SMILES string of the molecule is CC.O=[N+]([O-])c1ccc2c(ccn2CCCCl)c1. The minimum Gasteiger partial charge on any atom is -0.347 e. The lowest BCUT2D eigenvalue weighted by Gasteiger charge is -2.02. The fraction of sp³-hybridized carbons (Fsp3) is 0.385. The van der Waals surface area contributed by atoms with E-state index in [9.17, 15) is 10.1 Å². The van der Waals surface area contributed by atoms with Gasteiger partial charge in [0.15, 0.2) is 0 Å². The Balaban J connectivity index is 0.000000771. The summed E-state index contributed by atoms with van der Waals surface area (Å²) in [7, 11) is 0. The molecule has 2 aromatic rings. The standard InChI is InChI=1S/C11H11ClN2O2.C2H6/c12-5-1-6-13-7-4-9-8-10(14(15)16)2-3-11(9)13;1-2/h2-4,7-8H,1,5-6H2;1-2H3. The van der Waals surface area contributed by atoms with Crippen LogP contribution in [0.5, 0.6) is 0 Å². The van der Waals surface area contributed by atoms with Crippen molar-refractivity contribution in [1.29, 1.82) is 0 Å². The minimum atomic E-state index is -0.379. The molecule has 98 valence electrons. The Labute approximate surface area is 111 Å².